The number of benzene rings is 2. The van der Waals surface area contributed by atoms with Gasteiger partial charge in [-0.15, -0.1) is 0 Å². The second-order valence-corrected chi connectivity index (χ2v) is 5.12. The van der Waals surface area contributed by atoms with Crippen LogP contribution in [0.25, 0.3) is 11.1 Å². The van der Waals surface area contributed by atoms with Gasteiger partial charge in [0.05, 0.1) is 6.61 Å². The van der Waals surface area contributed by atoms with Gasteiger partial charge in [0.25, 0.3) is 0 Å². The van der Waals surface area contributed by atoms with Gasteiger partial charge in [-0.05, 0) is 55.5 Å². The summed E-state index contributed by atoms with van der Waals surface area (Å²) in [6, 6.07) is 10.9. The molecule has 0 aliphatic rings. The molecule has 2 rings (SSSR count). The van der Waals surface area contributed by atoms with Crippen LogP contribution in [0.3, 0.4) is 0 Å². The maximum Gasteiger partial charge on any atom is 0.0686 e. The predicted octanol–water partition coefficient (Wildman–Crippen LogP) is 4.08. The van der Waals surface area contributed by atoms with Crippen LogP contribution in [-0.2, 0) is 6.61 Å². The van der Waals surface area contributed by atoms with Crippen molar-refractivity contribution in [2.45, 2.75) is 34.3 Å². The van der Waals surface area contributed by atoms with E-state index in [0.29, 0.717) is 0 Å². The molecule has 0 aromatic heterocycles. The summed E-state index contributed by atoms with van der Waals surface area (Å²) < 4.78 is 0. The van der Waals surface area contributed by atoms with Crippen LogP contribution in [0.2, 0.25) is 0 Å². The van der Waals surface area contributed by atoms with Crippen LogP contribution in [-0.4, -0.2) is 5.11 Å². The second kappa shape index (κ2) is 4.95. The Labute approximate surface area is 109 Å². The molecule has 0 amide bonds. The topological polar surface area (TPSA) is 20.2 Å². The van der Waals surface area contributed by atoms with Crippen molar-refractivity contribution in [3.05, 3.63) is 58.1 Å². The molecular weight excluding hydrogens is 220 g/mol. The Balaban J connectivity index is 2.58. The summed E-state index contributed by atoms with van der Waals surface area (Å²) >= 11 is 0. The summed E-state index contributed by atoms with van der Waals surface area (Å²) in [5, 5.41) is 9.35. The van der Waals surface area contributed by atoms with Gasteiger partial charge in [0.1, 0.15) is 0 Å². The van der Waals surface area contributed by atoms with E-state index in [2.05, 4.69) is 58.0 Å². The normalized spacial score (nSPS) is 10.7. The largest absolute Gasteiger partial charge is 0.392 e. The number of aryl methyl sites for hydroxylation is 4. The fraction of sp³-hybridized carbons (Fsp3) is 0.294. The summed E-state index contributed by atoms with van der Waals surface area (Å²) in [5.41, 5.74) is 8.41. The highest BCUT2D eigenvalue weighted by Gasteiger charge is 2.06. The Morgan fingerprint density at radius 3 is 1.61 bits per heavy atom. The van der Waals surface area contributed by atoms with E-state index in [0.717, 1.165) is 16.7 Å². The summed E-state index contributed by atoms with van der Waals surface area (Å²) in [6.07, 6.45) is 0. The molecule has 1 nitrogen and oxygen atoms in total. The lowest BCUT2D eigenvalue weighted by Crippen LogP contribution is -1.94. The second-order valence-electron chi connectivity index (χ2n) is 5.12. The molecule has 0 spiro atoms. The Morgan fingerprint density at radius 2 is 1.17 bits per heavy atom. The van der Waals surface area contributed by atoms with Crippen molar-refractivity contribution in [3.63, 3.8) is 0 Å². The summed E-state index contributed by atoms with van der Waals surface area (Å²) in [4.78, 5) is 0. The third-order valence-corrected chi connectivity index (χ3v) is 3.41. The molecule has 2 aromatic carbocycles. The first kappa shape index (κ1) is 12.8. The molecule has 0 bridgehead atoms. The average Bonchev–Trinajstić information content (AvgIpc) is 2.27. The zero-order valence-electron chi connectivity index (χ0n) is 11.5. The minimum atomic E-state index is 0.116. The third-order valence-electron chi connectivity index (χ3n) is 3.41. The monoisotopic (exact) mass is 240 g/mol. The molecule has 0 heterocycles. The molecule has 0 unspecified atom stereocenters. The third kappa shape index (κ3) is 2.46. The summed E-state index contributed by atoms with van der Waals surface area (Å²) in [7, 11) is 0. The predicted molar refractivity (Wildman–Crippen MR) is 76.7 cm³/mol. The Kier molecular flexibility index (Phi) is 3.53. The van der Waals surface area contributed by atoms with Crippen molar-refractivity contribution in [3.8, 4) is 11.1 Å². The van der Waals surface area contributed by atoms with E-state index in [9.17, 15) is 5.11 Å². The Hall–Kier alpha value is -1.60. The molecule has 0 fully saturated rings. The number of aliphatic hydroxyl groups is 1. The molecule has 0 saturated heterocycles. The molecule has 0 aliphatic heterocycles. The van der Waals surface area contributed by atoms with Crippen LogP contribution in [0, 0.1) is 27.7 Å². The van der Waals surface area contributed by atoms with Gasteiger partial charge in [0.15, 0.2) is 0 Å². The molecule has 94 valence electrons. The molecule has 1 heteroatoms. The van der Waals surface area contributed by atoms with Crippen LogP contribution in [0.5, 0.6) is 0 Å². The lowest BCUT2D eigenvalue weighted by atomic mass is 9.94. The van der Waals surface area contributed by atoms with E-state index in [-0.39, 0.29) is 6.61 Å². The van der Waals surface area contributed by atoms with Gasteiger partial charge in [0.2, 0.25) is 0 Å². The highest BCUT2D eigenvalue weighted by atomic mass is 16.3. The van der Waals surface area contributed by atoms with E-state index >= 15 is 0 Å². The van der Waals surface area contributed by atoms with Crippen LogP contribution in [0.15, 0.2) is 30.3 Å². The molecule has 0 atom stereocenters. The smallest absolute Gasteiger partial charge is 0.0686 e. The number of hydrogen-bond donors (Lipinski definition) is 1. The van der Waals surface area contributed by atoms with Gasteiger partial charge >= 0.3 is 0 Å². The van der Waals surface area contributed by atoms with E-state index in [1.165, 1.54) is 22.3 Å². The van der Waals surface area contributed by atoms with Crippen molar-refractivity contribution in [1.82, 2.24) is 0 Å². The standard InChI is InChI=1S/C17H20O/c1-11-5-12(2)7-15(6-11)16-8-13(3)17(10-18)14(4)9-16/h5-9,18H,10H2,1-4H3. The molecule has 18 heavy (non-hydrogen) atoms. The van der Waals surface area contributed by atoms with Crippen LogP contribution >= 0.6 is 0 Å². The van der Waals surface area contributed by atoms with E-state index in [4.69, 9.17) is 0 Å². The summed E-state index contributed by atoms with van der Waals surface area (Å²) in [5.74, 6) is 0. The lowest BCUT2D eigenvalue weighted by molar-refractivity contribution is 0.280. The first-order valence-electron chi connectivity index (χ1n) is 6.31. The minimum absolute atomic E-state index is 0.116. The number of hydrogen-bond acceptors (Lipinski definition) is 1. The Morgan fingerprint density at radius 1 is 0.722 bits per heavy atom. The van der Waals surface area contributed by atoms with Gasteiger partial charge in [-0.2, -0.15) is 0 Å². The van der Waals surface area contributed by atoms with E-state index < -0.39 is 0 Å². The molecule has 0 radical (unpaired) electrons. The SMILES string of the molecule is Cc1cc(C)cc(-c2cc(C)c(CO)c(C)c2)c1. The highest BCUT2D eigenvalue weighted by molar-refractivity contribution is 5.67. The zero-order chi connectivity index (χ0) is 13.3. The van der Waals surface area contributed by atoms with Crippen molar-refractivity contribution < 1.29 is 5.11 Å². The van der Waals surface area contributed by atoms with Gasteiger partial charge in [0, 0.05) is 0 Å². The average molecular weight is 240 g/mol. The summed E-state index contributed by atoms with van der Waals surface area (Å²) in [6.45, 7) is 8.48. The first-order chi connectivity index (χ1) is 8.51. The zero-order valence-corrected chi connectivity index (χ0v) is 11.5. The van der Waals surface area contributed by atoms with Gasteiger partial charge < -0.3 is 5.11 Å². The minimum Gasteiger partial charge on any atom is -0.392 e. The first-order valence-corrected chi connectivity index (χ1v) is 6.31. The van der Waals surface area contributed by atoms with Crippen molar-refractivity contribution in [1.29, 1.82) is 0 Å². The van der Waals surface area contributed by atoms with Gasteiger partial charge in [-0.25, -0.2) is 0 Å². The van der Waals surface area contributed by atoms with Crippen LogP contribution < -0.4 is 0 Å². The molecule has 0 aliphatic carbocycles. The van der Waals surface area contributed by atoms with Crippen LogP contribution in [0.4, 0.5) is 0 Å². The molecule has 0 saturated carbocycles. The van der Waals surface area contributed by atoms with Crippen molar-refractivity contribution in [2.75, 3.05) is 0 Å². The lowest BCUT2D eigenvalue weighted by Gasteiger charge is -2.12. The number of rotatable bonds is 2. The quantitative estimate of drug-likeness (QED) is 0.838. The maximum atomic E-state index is 9.35. The highest BCUT2D eigenvalue weighted by Crippen LogP contribution is 2.27. The van der Waals surface area contributed by atoms with Crippen molar-refractivity contribution in [2.24, 2.45) is 0 Å². The molecule has 1 N–H and O–H groups in total. The number of aliphatic hydroxyl groups excluding tert-OH is 1. The van der Waals surface area contributed by atoms with Gasteiger partial charge in [-0.3, -0.25) is 0 Å². The van der Waals surface area contributed by atoms with Gasteiger partial charge in [-0.1, -0.05) is 41.5 Å². The van der Waals surface area contributed by atoms with E-state index in [1.807, 2.05) is 0 Å². The Bertz CT molecular complexity index is 539. The van der Waals surface area contributed by atoms with Crippen LogP contribution in [0.1, 0.15) is 27.8 Å². The fourth-order valence-corrected chi connectivity index (χ4v) is 2.55. The van der Waals surface area contributed by atoms with Crippen molar-refractivity contribution >= 4 is 0 Å². The molecular formula is C17H20O. The molecule has 2 aromatic rings. The van der Waals surface area contributed by atoms with E-state index in [1.54, 1.807) is 0 Å². The fourth-order valence-electron chi connectivity index (χ4n) is 2.55. The maximum absolute atomic E-state index is 9.35.